The Labute approximate surface area is 83.8 Å². The average molecular weight is 201 g/mol. The van der Waals surface area contributed by atoms with E-state index in [0.717, 1.165) is 0 Å². The number of aliphatic hydroxyl groups is 1. The van der Waals surface area contributed by atoms with Gasteiger partial charge in [0.15, 0.2) is 0 Å². The lowest BCUT2D eigenvalue weighted by Crippen LogP contribution is -2.51. The summed E-state index contributed by atoms with van der Waals surface area (Å²) in [6.45, 7) is 2.60. The molecule has 0 aromatic heterocycles. The Morgan fingerprint density at radius 3 is 2.79 bits per heavy atom. The third-order valence-corrected chi connectivity index (χ3v) is 2.64. The number of nitrogens with zero attached hydrogens (tertiary/aromatic N) is 1. The summed E-state index contributed by atoms with van der Waals surface area (Å²) in [6.07, 6.45) is -0.164. The van der Waals surface area contributed by atoms with E-state index in [1.807, 2.05) is 0 Å². The first-order valence-electron chi connectivity index (χ1n) is 4.74. The molecule has 80 valence electrons. The molecule has 1 aliphatic heterocycles. The van der Waals surface area contributed by atoms with Gasteiger partial charge in [-0.3, -0.25) is 4.79 Å². The van der Waals surface area contributed by atoms with Crippen molar-refractivity contribution in [3.8, 4) is 0 Å². The molecule has 1 saturated heterocycles. The van der Waals surface area contributed by atoms with E-state index in [-0.39, 0.29) is 0 Å². The molecule has 1 fully saturated rings. The first-order chi connectivity index (χ1) is 6.56. The van der Waals surface area contributed by atoms with E-state index in [1.165, 1.54) is 7.11 Å². The Morgan fingerprint density at radius 2 is 2.29 bits per heavy atom. The van der Waals surface area contributed by atoms with E-state index in [2.05, 4.69) is 4.74 Å². The van der Waals surface area contributed by atoms with E-state index in [4.69, 9.17) is 0 Å². The molecule has 0 radical (unpaired) electrons. The van der Waals surface area contributed by atoms with Crippen molar-refractivity contribution in [2.24, 2.45) is 5.92 Å². The smallest absolute Gasteiger partial charge is 0.376 e. The fourth-order valence-corrected chi connectivity index (χ4v) is 1.69. The number of rotatable bonds is 2. The number of piperidine rings is 1. The molecule has 1 aliphatic rings. The van der Waals surface area contributed by atoms with Crippen molar-refractivity contribution in [1.29, 1.82) is 0 Å². The molecule has 5 nitrogen and oxygen atoms in total. The Hall–Kier alpha value is -0.585. The number of carbonyl (C=O) groups excluding carboxylic acids is 1. The minimum Gasteiger partial charge on any atom is -0.469 e. The maximum atomic E-state index is 11.3. The van der Waals surface area contributed by atoms with Gasteiger partial charge in [-0.1, -0.05) is 0 Å². The first kappa shape index (κ1) is 11.5. The summed E-state index contributed by atoms with van der Waals surface area (Å²) < 4.78 is 4.58. The maximum absolute atomic E-state index is 11.3. The van der Waals surface area contributed by atoms with Crippen molar-refractivity contribution in [3.05, 3.63) is 0 Å². The average Bonchev–Trinajstić information content (AvgIpc) is 2.17. The van der Waals surface area contributed by atoms with E-state index < -0.39 is 25.0 Å². The van der Waals surface area contributed by atoms with Crippen LogP contribution in [0, 0.1) is 5.92 Å². The predicted molar refractivity (Wildman–Crippen MR) is 51.5 cm³/mol. The normalized spacial score (nSPS) is 28.6. The lowest BCUT2D eigenvalue weighted by Gasteiger charge is -2.35. The predicted octanol–water partition coefficient (Wildman–Crippen LogP) is -1.05. The molecule has 14 heavy (non-hydrogen) atoms. The van der Waals surface area contributed by atoms with E-state index >= 15 is 0 Å². The first-order valence-corrected chi connectivity index (χ1v) is 4.74. The van der Waals surface area contributed by atoms with Gasteiger partial charge < -0.3 is 19.7 Å². The number of methoxy groups -OCH3 is 1. The van der Waals surface area contributed by atoms with Gasteiger partial charge in [-0.2, -0.15) is 0 Å². The van der Waals surface area contributed by atoms with Gasteiger partial charge in [-0.15, -0.1) is 0 Å². The van der Waals surface area contributed by atoms with Crippen molar-refractivity contribution in [2.45, 2.75) is 19.3 Å². The zero-order valence-electron chi connectivity index (χ0n) is 8.51. The zero-order chi connectivity index (χ0) is 10.7. The molecule has 1 heterocycles. The van der Waals surface area contributed by atoms with Gasteiger partial charge >= 0.3 is 13.0 Å². The van der Waals surface area contributed by atoms with Crippen LogP contribution in [0.5, 0.6) is 0 Å². The summed E-state index contributed by atoms with van der Waals surface area (Å²) in [5.74, 6) is -0.953. The number of carbonyl (C=O) groups is 1. The van der Waals surface area contributed by atoms with Crippen LogP contribution in [0.25, 0.3) is 0 Å². The third kappa shape index (κ3) is 2.46. The highest BCUT2D eigenvalue weighted by Gasteiger charge is 2.35. The topological polar surface area (TPSA) is 70.0 Å². The number of aliphatic hydroxyl groups excluding tert-OH is 1. The van der Waals surface area contributed by atoms with Crippen LogP contribution in [-0.2, 0) is 9.53 Å². The highest BCUT2D eigenvalue weighted by atomic mass is 16.5. The molecular weight excluding hydrogens is 185 g/mol. The second kappa shape index (κ2) is 4.77. The summed E-state index contributed by atoms with van der Waals surface area (Å²) in [4.78, 5) is 13.0. The van der Waals surface area contributed by atoms with Crippen molar-refractivity contribution in [3.63, 3.8) is 0 Å². The molecule has 1 rings (SSSR count). The van der Waals surface area contributed by atoms with Crippen LogP contribution in [0.2, 0.25) is 6.82 Å². The summed E-state index contributed by atoms with van der Waals surface area (Å²) in [6, 6.07) is 0. The van der Waals surface area contributed by atoms with Crippen LogP contribution >= 0.6 is 0 Å². The number of esters is 1. The highest BCUT2D eigenvalue weighted by Crippen LogP contribution is 2.18. The molecule has 0 amide bonds. The molecule has 0 bridgehead atoms. The highest BCUT2D eigenvalue weighted by molar-refractivity contribution is 6.45. The fourth-order valence-electron chi connectivity index (χ4n) is 1.69. The lowest BCUT2D eigenvalue weighted by atomic mass is 9.80. The Balaban J connectivity index is 2.59. The second-order valence-corrected chi connectivity index (χ2v) is 3.61. The van der Waals surface area contributed by atoms with E-state index in [9.17, 15) is 14.9 Å². The van der Waals surface area contributed by atoms with Gasteiger partial charge in [0.05, 0.1) is 19.1 Å². The monoisotopic (exact) mass is 201 g/mol. The Bertz CT molecular complexity index is 212. The summed E-state index contributed by atoms with van der Waals surface area (Å²) in [5, 5.41) is 18.9. The van der Waals surface area contributed by atoms with Crippen LogP contribution in [0.3, 0.4) is 0 Å². The van der Waals surface area contributed by atoms with Crippen molar-refractivity contribution < 1.29 is 19.7 Å². The number of ether oxygens (including phenoxy) is 1. The van der Waals surface area contributed by atoms with Gasteiger partial charge in [0.25, 0.3) is 0 Å². The van der Waals surface area contributed by atoms with Gasteiger partial charge in [0.2, 0.25) is 0 Å². The van der Waals surface area contributed by atoms with Crippen LogP contribution in [-0.4, -0.2) is 54.3 Å². The number of hydrogen-bond donors (Lipinski definition) is 2. The van der Waals surface area contributed by atoms with Crippen LogP contribution < -0.4 is 0 Å². The van der Waals surface area contributed by atoms with Gasteiger partial charge in [0, 0.05) is 6.54 Å². The zero-order valence-corrected chi connectivity index (χ0v) is 8.51. The van der Waals surface area contributed by atoms with Crippen molar-refractivity contribution in [2.75, 3.05) is 20.2 Å². The summed E-state index contributed by atoms with van der Waals surface area (Å²) in [5.41, 5.74) is 0. The van der Waals surface area contributed by atoms with Crippen molar-refractivity contribution in [1.82, 2.24) is 4.81 Å². The summed E-state index contributed by atoms with van der Waals surface area (Å²) in [7, 11) is 0.714. The molecule has 6 heteroatoms. The molecule has 0 saturated carbocycles. The Kier molecular flexibility index (Phi) is 3.91. The van der Waals surface area contributed by atoms with Crippen LogP contribution in [0.15, 0.2) is 0 Å². The van der Waals surface area contributed by atoms with E-state index in [1.54, 1.807) is 11.6 Å². The van der Waals surface area contributed by atoms with Gasteiger partial charge in [-0.25, -0.2) is 0 Å². The molecule has 0 aliphatic carbocycles. The van der Waals surface area contributed by atoms with Crippen LogP contribution in [0.1, 0.15) is 6.42 Å². The minimum atomic E-state index is -0.655. The van der Waals surface area contributed by atoms with Gasteiger partial charge in [-0.05, 0) is 19.8 Å². The quantitative estimate of drug-likeness (QED) is 0.440. The third-order valence-electron chi connectivity index (χ3n) is 2.64. The molecular formula is C8H16BNO4. The van der Waals surface area contributed by atoms with Crippen LogP contribution in [0.4, 0.5) is 0 Å². The van der Waals surface area contributed by atoms with Gasteiger partial charge in [0.1, 0.15) is 0 Å². The molecule has 2 atom stereocenters. The Morgan fingerprint density at radius 1 is 1.64 bits per heavy atom. The molecule has 0 aromatic carbocycles. The summed E-state index contributed by atoms with van der Waals surface area (Å²) >= 11 is 0. The second-order valence-electron chi connectivity index (χ2n) is 3.61. The van der Waals surface area contributed by atoms with E-state index in [0.29, 0.717) is 19.5 Å². The molecule has 2 unspecified atom stereocenters. The molecule has 0 aromatic rings. The SMILES string of the molecule is COC(=O)C1CN(B(C)O)CCC1O. The minimum absolute atomic E-state index is 0.353. The maximum Gasteiger partial charge on any atom is 0.376 e. The molecule has 2 N–H and O–H groups in total. The number of hydrogen-bond acceptors (Lipinski definition) is 5. The molecule has 0 spiro atoms. The largest absolute Gasteiger partial charge is 0.469 e. The van der Waals surface area contributed by atoms with Crippen molar-refractivity contribution >= 4 is 13.0 Å². The lowest BCUT2D eigenvalue weighted by molar-refractivity contribution is -0.151. The fraction of sp³-hybridized carbons (Fsp3) is 0.875. The standard InChI is InChI=1S/C8H16BNO4/c1-9(13)10-4-3-7(11)6(5-10)8(12)14-2/h6-7,11,13H,3-5H2,1-2H3.